The molecule has 0 unspecified atom stereocenters. The van der Waals surface area contributed by atoms with Crippen LogP contribution in [0.15, 0.2) is 18.6 Å². The zero-order valence-corrected chi connectivity index (χ0v) is 12.7. The molecule has 2 aromatic heterocycles. The van der Waals surface area contributed by atoms with Gasteiger partial charge in [0.25, 0.3) is 0 Å². The molecule has 0 radical (unpaired) electrons. The number of anilines is 1. The predicted molar refractivity (Wildman–Crippen MR) is 84.1 cm³/mol. The molecule has 5 nitrogen and oxygen atoms in total. The Labute approximate surface area is 122 Å². The summed E-state index contributed by atoms with van der Waals surface area (Å²) in [6, 6.07) is 2.59. The average Bonchev–Trinajstić information content (AvgIpc) is 2.84. The molecule has 0 bridgehead atoms. The van der Waals surface area contributed by atoms with E-state index in [1.165, 1.54) is 0 Å². The highest BCUT2D eigenvalue weighted by Crippen LogP contribution is 2.27. The number of rotatable bonds is 3. The molecule has 0 spiro atoms. The third-order valence-electron chi connectivity index (χ3n) is 3.20. The van der Waals surface area contributed by atoms with E-state index in [2.05, 4.69) is 47.9 Å². The summed E-state index contributed by atoms with van der Waals surface area (Å²) in [5.74, 6) is 0.955. The van der Waals surface area contributed by atoms with Crippen LogP contribution in [-0.4, -0.2) is 33.1 Å². The Bertz CT molecular complexity index is 537. The van der Waals surface area contributed by atoms with Crippen LogP contribution in [0.5, 0.6) is 0 Å². The highest BCUT2D eigenvalue weighted by molar-refractivity contribution is 14.2. The molecular formula is C11H14IN5S. The molecule has 1 aliphatic heterocycles. The van der Waals surface area contributed by atoms with Crippen LogP contribution >= 0.6 is 30.3 Å². The van der Waals surface area contributed by atoms with E-state index in [4.69, 9.17) is 0 Å². The Morgan fingerprint density at radius 3 is 3.00 bits per heavy atom. The maximum absolute atomic E-state index is 4.38. The van der Waals surface area contributed by atoms with E-state index in [0.717, 1.165) is 42.8 Å². The first kappa shape index (κ1) is 12.5. The average molecular weight is 375 g/mol. The molecule has 0 saturated carbocycles. The Hall–Kier alpha value is -0.540. The second kappa shape index (κ2) is 5.62. The predicted octanol–water partition coefficient (Wildman–Crippen LogP) is 2.44. The van der Waals surface area contributed by atoms with Crippen molar-refractivity contribution in [2.24, 2.45) is 0 Å². The summed E-state index contributed by atoms with van der Waals surface area (Å²) in [6.07, 6.45) is 5.96. The van der Waals surface area contributed by atoms with E-state index in [1.54, 1.807) is 15.4 Å². The second-order valence-electron chi connectivity index (χ2n) is 4.34. The minimum Gasteiger partial charge on any atom is -0.367 e. The van der Waals surface area contributed by atoms with Crippen LogP contribution in [0, 0.1) is 0 Å². The number of aromatic nitrogens is 3. The lowest BCUT2D eigenvalue weighted by Crippen LogP contribution is -2.35. The van der Waals surface area contributed by atoms with Gasteiger partial charge in [0.05, 0.1) is 5.39 Å². The monoisotopic (exact) mass is 375 g/mol. The van der Waals surface area contributed by atoms with Gasteiger partial charge in [-0.3, -0.25) is 3.97 Å². The van der Waals surface area contributed by atoms with Crippen LogP contribution in [-0.2, 0) is 0 Å². The van der Waals surface area contributed by atoms with Gasteiger partial charge in [-0.1, -0.05) is 0 Å². The fourth-order valence-corrected chi connectivity index (χ4v) is 3.53. The lowest BCUT2D eigenvalue weighted by Gasteiger charge is -2.24. The van der Waals surface area contributed by atoms with Gasteiger partial charge in [0, 0.05) is 42.6 Å². The first-order valence-electron chi connectivity index (χ1n) is 5.97. The Balaban J connectivity index is 1.89. The number of hydrogen-bond donors (Lipinski definition) is 2. The third-order valence-corrected chi connectivity index (χ3v) is 4.92. The zero-order chi connectivity index (χ0) is 12.4. The molecule has 1 saturated heterocycles. The molecule has 2 N–H and O–H groups in total. The topological polar surface area (TPSA) is 54.8 Å². The van der Waals surface area contributed by atoms with Crippen molar-refractivity contribution in [1.29, 1.82) is 0 Å². The maximum Gasteiger partial charge on any atom is 0.156 e. The van der Waals surface area contributed by atoms with Crippen molar-refractivity contribution < 1.29 is 0 Å². The number of fused-ring (bicyclic) bond motifs is 1. The zero-order valence-electron chi connectivity index (χ0n) is 9.77. The highest BCUT2D eigenvalue weighted by atomic mass is 127. The first-order chi connectivity index (χ1) is 8.88. The fraction of sp³-hybridized carbons (Fsp3) is 0.455. The summed E-state index contributed by atoms with van der Waals surface area (Å²) in [5, 5.41) is 8.01. The highest BCUT2D eigenvalue weighted by Gasteiger charge is 2.15. The van der Waals surface area contributed by atoms with E-state index >= 15 is 0 Å². The van der Waals surface area contributed by atoms with Crippen LogP contribution in [0.25, 0.3) is 11.0 Å². The molecule has 0 atom stereocenters. The smallest absolute Gasteiger partial charge is 0.156 e. The largest absolute Gasteiger partial charge is 0.367 e. The van der Waals surface area contributed by atoms with Gasteiger partial charge in [-0.15, -0.1) is 0 Å². The van der Waals surface area contributed by atoms with Gasteiger partial charge in [0.1, 0.15) is 12.1 Å². The number of halogens is 1. The van der Waals surface area contributed by atoms with Gasteiger partial charge in [0.15, 0.2) is 5.65 Å². The molecule has 18 heavy (non-hydrogen) atoms. The van der Waals surface area contributed by atoms with Crippen LogP contribution in [0.1, 0.15) is 12.8 Å². The molecular weight excluding hydrogens is 361 g/mol. The molecule has 1 fully saturated rings. The molecule has 0 aromatic carbocycles. The maximum atomic E-state index is 4.38. The van der Waals surface area contributed by atoms with Crippen molar-refractivity contribution in [3.05, 3.63) is 18.6 Å². The van der Waals surface area contributed by atoms with Crippen molar-refractivity contribution in [3.8, 4) is 0 Å². The van der Waals surface area contributed by atoms with Crippen molar-refractivity contribution in [2.75, 3.05) is 18.4 Å². The molecule has 1 aliphatic rings. The Morgan fingerprint density at radius 1 is 1.39 bits per heavy atom. The molecule has 0 amide bonds. The summed E-state index contributed by atoms with van der Waals surface area (Å²) in [7, 11) is 1.62. The van der Waals surface area contributed by atoms with Gasteiger partial charge in [-0.25, -0.2) is 9.97 Å². The lowest BCUT2D eigenvalue weighted by molar-refractivity contribution is 0.478. The van der Waals surface area contributed by atoms with E-state index in [1.807, 2.05) is 10.2 Å². The number of piperidine rings is 1. The fourth-order valence-electron chi connectivity index (χ4n) is 2.26. The van der Waals surface area contributed by atoms with Crippen molar-refractivity contribution in [1.82, 2.24) is 19.3 Å². The van der Waals surface area contributed by atoms with Crippen LogP contribution in [0.3, 0.4) is 0 Å². The van der Waals surface area contributed by atoms with Crippen molar-refractivity contribution in [3.63, 3.8) is 0 Å². The van der Waals surface area contributed by atoms with E-state index in [0.29, 0.717) is 6.04 Å². The Morgan fingerprint density at radius 2 is 2.22 bits per heavy atom. The minimum atomic E-state index is 0.514. The van der Waals surface area contributed by atoms with Crippen molar-refractivity contribution in [2.45, 2.75) is 18.9 Å². The number of hydrogen-bond acceptors (Lipinski definition) is 5. The van der Waals surface area contributed by atoms with Gasteiger partial charge >= 0.3 is 0 Å². The molecule has 3 heterocycles. The van der Waals surface area contributed by atoms with Gasteiger partial charge in [0.2, 0.25) is 0 Å². The minimum absolute atomic E-state index is 0.514. The molecule has 0 aliphatic carbocycles. The standard InChI is InChI=1S/C11H14IN5S/c12-18-17-6-3-9-10(14-7-15-11(9)17)16-8-1-4-13-5-2-8/h3,6-8,13H,1-2,4-5H2,(H,14,15,16). The third kappa shape index (κ3) is 2.43. The lowest BCUT2D eigenvalue weighted by atomic mass is 10.1. The van der Waals surface area contributed by atoms with Crippen molar-refractivity contribution >= 4 is 47.2 Å². The van der Waals surface area contributed by atoms with Gasteiger partial charge in [-0.05, 0) is 32.0 Å². The Kier molecular flexibility index (Phi) is 3.90. The SMILES string of the molecule is ISn1ccc2c(NC3CCNCC3)ncnc21. The first-order valence-corrected chi connectivity index (χ1v) is 9.28. The molecule has 96 valence electrons. The van der Waals surface area contributed by atoms with E-state index in [9.17, 15) is 0 Å². The summed E-state index contributed by atoms with van der Waals surface area (Å²) in [6.45, 7) is 2.16. The summed E-state index contributed by atoms with van der Waals surface area (Å²) in [5.41, 5.74) is 0.973. The quantitative estimate of drug-likeness (QED) is 0.808. The molecule has 2 aromatic rings. The van der Waals surface area contributed by atoms with Crippen LogP contribution in [0.2, 0.25) is 0 Å². The normalized spacial score (nSPS) is 17.2. The van der Waals surface area contributed by atoms with Crippen LogP contribution < -0.4 is 10.6 Å². The molecule has 7 heteroatoms. The second-order valence-corrected chi connectivity index (χ2v) is 6.05. The van der Waals surface area contributed by atoms with E-state index in [-0.39, 0.29) is 0 Å². The van der Waals surface area contributed by atoms with Gasteiger partial charge in [-0.2, -0.15) is 0 Å². The van der Waals surface area contributed by atoms with Crippen LogP contribution in [0.4, 0.5) is 5.82 Å². The number of nitrogens with zero attached hydrogens (tertiary/aromatic N) is 3. The summed E-state index contributed by atoms with van der Waals surface area (Å²) in [4.78, 5) is 8.72. The summed E-state index contributed by atoms with van der Waals surface area (Å²) < 4.78 is 2.05. The van der Waals surface area contributed by atoms with E-state index < -0.39 is 0 Å². The molecule has 3 rings (SSSR count). The summed E-state index contributed by atoms with van der Waals surface area (Å²) >= 11 is 2.26. The number of nitrogens with one attached hydrogen (secondary N) is 2. The van der Waals surface area contributed by atoms with Gasteiger partial charge < -0.3 is 10.6 Å².